The summed E-state index contributed by atoms with van der Waals surface area (Å²) in [4.78, 5) is 0. The van der Waals surface area contributed by atoms with Crippen LogP contribution < -0.4 is 0 Å². The van der Waals surface area contributed by atoms with Crippen LogP contribution in [0, 0.1) is 11.3 Å². The Morgan fingerprint density at radius 2 is 2.08 bits per heavy atom. The monoisotopic (exact) mass is 263 g/mol. The summed E-state index contributed by atoms with van der Waals surface area (Å²) >= 11 is 14.9. The molecule has 0 aliphatic heterocycles. The van der Waals surface area contributed by atoms with Gasteiger partial charge in [-0.05, 0) is 11.6 Å². The van der Waals surface area contributed by atoms with E-state index in [-0.39, 0.29) is 0 Å². The molecule has 0 bridgehead atoms. The molecule has 0 aromatic heterocycles. The average Bonchev–Trinajstić information content (AvgIpc) is 2.06. The van der Waals surface area contributed by atoms with Crippen molar-refractivity contribution in [2.24, 2.45) is 0 Å². The van der Waals surface area contributed by atoms with E-state index in [4.69, 9.17) is 28.5 Å². The van der Waals surface area contributed by atoms with Crippen molar-refractivity contribution < 1.29 is 0 Å². The fraction of sp³-hybridized carbons (Fsp3) is 0.125. The minimum Gasteiger partial charge on any atom is -0.192 e. The summed E-state index contributed by atoms with van der Waals surface area (Å²) < 4.78 is 0. The Morgan fingerprint density at radius 3 is 2.58 bits per heavy atom. The van der Waals surface area contributed by atoms with E-state index in [2.05, 4.69) is 15.9 Å². The molecule has 0 aliphatic carbocycles. The summed E-state index contributed by atoms with van der Waals surface area (Å²) in [6.45, 7) is 0. The summed E-state index contributed by atoms with van der Waals surface area (Å²) in [6, 6.07) is 5.41. The van der Waals surface area contributed by atoms with Crippen molar-refractivity contribution in [2.45, 2.75) is 5.33 Å². The minimum atomic E-state index is 0.343. The number of hydrogen-bond acceptors (Lipinski definition) is 1. The van der Waals surface area contributed by atoms with Crippen molar-refractivity contribution in [3.63, 3.8) is 0 Å². The van der Waals surface area contributed by atoms with E-state index in [1.165, 1.54) is 0 Å². The molecule has 12 heavy (non-hydrogen) atoms. The molecule has 1 aromatic carbocycles. The maximum Gasteiger partial charge on any atom is 0.102 e. The summed E-state index contributed by atoms with van der Waals surface area (Å²) in [7, 11) is 0. The Balaban J connectivity index is 3.36. The maximum absolute atomic E-state index is 8.69. The van der Waals surface area contributed by atoms with Crippen LogP contribution in [0.5, 0.6) is 0 Å². The number of hydrogen-bond donors (Lipinski definition) is 0. The van der Waals surface area contributed by atoms with Crippen LogP contribution >= 0.6 is 39.1 Å². The van der Waals surface area contributed by atoms with Gasteiger partial charge in [0.05, 0.1) is 15.6 Å². The lowest BCUT2D eigenvalue weighted by Gasteiger charge is -2.02. The Hall–Kier alpha value is -0.230. The van der Waals surface area contributed by atoms with Crippen molar-refractivity contribution in [1.82, 2.24) is 0 Å². The third kappa shape index (κ3) is 1.74. The fourth-order valence-corrected chi connectivity index (χ4v) is 1.95. The van der Waals surface area contributed by atoms with Crippen molar-refractivity contribution >= 4 is 39.1 Å². The van der Waals surface area contributed by atoms with Crippen LogP contribution in [-0.4, -0.2) is 0 Å². The molecule has 0 saturated carbocycles. The predicted octanol–water partition coefficient (Wildman–Crippen LogP) is 3.76. The smallest absolute Gasteiger partial charge is 0.102 e. The highest BCUT2D eigenvalue weighted by molar-refractivity contribution is 9.08. The van der Waals surface area contributed by atoms with Crippen LogP contribution in [0.25, 0.3) is 0 Å². The third-order valence-electron chi connectivity index (χ3n) is 1.43. The highest BCUT2D eigenvalue weighted by Crippen LogP contribution is 2.28. The Bertz CT molecular complexity index is 344. The van der Waals surface area contributed by atoms with Crippen LogP contribution in [-0.2, 0) is 5.33 Å². The topological polar surface area (TPSA) is 23.8 Å². The normalized spacial score (nSPS) is 9.50. The molecule has 0 amide bonds. The zero-order chi connectivity index (χ0) is 9.14. The first kappa shape index (κ1) is 9.85. The second-order valence-corrected chi connectivity index (χ2v) is 3.49. The second kappa shape index (κ2) is 4.13. The van der Waals surface area contributed by atoms with Gasteiger partial charge in [0.15, 0.2) is 0 Å². The van der Waals surface area contributed by atoms with Crippen LogP contribution in [0.15, 0.2) is 12.1 Å². The summed E-state index contributed by atoms with van der Waals surface area (Å²) in [5.41, 5.74) is 1.22. The van der Waals surface area contributed by atoms with Gasteiger partial charge in [-0.3, -0.25) is 0 Å². The molecular weight excluding hydrogens is 261 g/mol. The van der Waals surface area contributed by atoms with Gasteiger partial charge < -0.3 is 0 Å². The minimum absolute atomic E-state index is 0.343. The molecule has 0 fully saturated rings. The number of alkyl halides is 1. The quantitative estimate of drug-likeness (QED) is 0.709. The zero-order valence-corrected chi connectivity index (χ0v) is 9.04. The molecular formula is C8H4BrCl2N. The molecule has 0 atom stereocenters. The van der Waals surface area contributed by atoms with E-state index in [0.29, 0.717) is 20.9 Å². The van der Waals surface area contributed by atoms with Gasteiger partial charge >= 0.3 is 0 Å². The molecule has 0 radical (unpaired) electrons. The van der Waals surface area contributed by atoms with Gasteiger partial charge in [-0.15, -0.1) is 0 Å². The lowest BCUT2D eigenvalue weighted by molar-refractivity contribution is 1.40. The molecule has 0 unspecified atom stereocenters. The number of nitrogens with zero attached hydrogens (tertiary/aromatic N) is 1. The van der Waals surface area contributed by atoms with Crippen molar-refractivity contribution in [2.75, 3.05) is 0 Å². The van der Waals surface area contributed by atoms with E-state index in [9.17, 15) is 0 Å². The van der Waals surface area contributed by atoms with E-state index in [1.54, 1.807) is 12.1 Å². The largest absolute Gasteiger partial charge is 0.192 e. The van der Waals surface area contributed by atoms with Gasteiger partial charge in [0.2, 0.25) is 0 Å². The molecule has 1 aromatic rings. The van der Waals surface area contributed by atoms with E-state index in [0.717, 1.165) is 5.56 Å². The fourth-order valence-electron chi connectivity index (χ4n) is 0.801. The van der Waals surface area contributed by atoms with Crippen LogP contribution in [0.1, 0.15) is 11.1 Å². The summed E-state index contributed by atoms with van der Waals surface area (Å²) in [5.74, 6) is 0. The van der Waals surface area contributed by atoms with Crippen LogP contribution in [0.2, 0.25) is 10.0 Å². The van der Waals surface area contributed by atoms with Gasteiger partial charge in [-0.25, -0.2) is 0 Å². The number of nitriles is 1. The summed E-state index contributed by atoms with van der Waals surface area (Å²) in [6.07, 6.45) is 0. The van der Waals surface area contributed by atoms with Gasteiger partial charge in [0.1, 0.15) is 6.07 Å². The second-order valence-electron chi connectivity index (χ2n) is 2.14. The first-order chi connectivity index (χ1) is 5.70. The lowest BCUT2D eigenvalue weighted by Crippen LogP contribution is -1.85. The highest BCUT2D eigenvalue weighted by Gasteiger charge is 2.08. The SMILES string of the molecule is N#Cc1c(Cl)ccc(CBr)c1Cl. The van der Waals surface area contributed by atoms with Crippen molar-refractivity contribution in [3.05, 3.63) is 33.3 Å². The molecule has 0 aliphatic rings. The molecule has 0 spiro atoms. The Kier molecular flexibility index (Phi) is 3.39. The Labute approximate surface area is 89.0 Å². The van der Waals surface area contributed by atoms with Gasteiger partial charge in [-0.1, -0.05) is 45.2 Å². The number of halogens is 3. The third-order valence-corrected chi connectivity index (χ3v) is 2.78. The van der Waals surface area contributed by atoms with Crippen molar-refractivity contribution in [1.29, 1.82) is 5.26 Å². The van der Waals surface area contributed by atoms with E-state index < -0.39 is 0 Å². The number of benzene rings is 1. The maximum atomic E-state index is 8.69. The molecule has 0 heterocycles. The molecule has 62 valence electrons. The van der Waals surface area contributed by atoms with Crippen LogP contribution in [0.3, 0.4) is 0 Å². The van der Waals surface area contributed by atoms with Gasteiger partial charge in [0.25, 0.3) is 0 Å². The molecule has 0 saturated heterocycles. The average molecular weight is 265 g/mol. The van der Waals surface area contributed by atoms with E-state index >= 15 is 0 Å². The van der Waals surface area contributed by atoms with Crippen molar-refractivity contribution in [3.8, 4) is 6.07 Å². The lowest BCUT2D eigenvalue weighted by atomic mass is 10.1. The Morgan fingerprint density at radius 1 is 1.42 bits per heavy atom. The predicted molar refractivity (Wildman–Crippen MR) is 53.8 cm³/mol. The molecule has 1 nitrogen and oxygen atoms in total. The molecule has 1 rings (SSSR count). The number of rotatable bonds is 1. The highest BCUT2D eigenvalue weighted by atomic mass is 79.9. The first-order valence-electron chi connectivity index (χ1n) is 3.13. The van der Waals surface area contributed by atoms with Gasteiger partial charge in [-0.2, -0.15) is 5.26 Å². The van der Waals surface area contributed by atoms with Gasteiger partial charge in [0, 0.05) is 5.33 Å². The first-order valence-corrected chi connectivity index (χ1v) is 5.01. The summed E-state index contributed by atoms with van der Waals surface area (Å²) in [5, 5.41) is 10.1. The zero-order valence-electron chi connectivity index (χ0n) is 5.94. The molecule has 4 heteroatoms. The van der Waals surface area contributed by atoms with Crippen LogP contribution in [0.4, 0.5) is 0 Å². The molecule has 0 N–H and O–H groups in total. The standard InChI is InChI=1S/C8H4BrCl2N/c9-3-5-1-2-7(10)6(4-12)8(5)11/h1-2H,3H2. The van der Waals surface area contributed by atoms with E-state index in [1.807, 2.05) is 6.07 Å².